The van der Waals surface area contributed by atoms with Crippen LogP contribution in [-0.4, -0.2) is 24.9 Å². The van der Waals surface area contributed by atoms with Gasteiger partial charge in [0.25, 0.3) is 0 Å². The van der Waals surface area contributed by atoms with Crippen LogP contribution in [0.5, 0.6) is 5.75 Å². The molecule has 1 aliphatic heterocycles. The van der Waals surface area contributed by atoms with Crippen molar-refractivity contribution in [2.45, 2.75) is 59.7 Å². The van der Waals surface area contributed by atoms with Crippen LogP contribution in [0, 0.1) is 13.8 Å². The highest BCUT2D eigenvalue weighted by molar-refractivity contribution is 6.63. The molecule has 1 fully saturated rings. The number of hydrogen-bond acceptors (Lipinski definition) is 3. The standard InChI is InChI=1S/C16H25BO3/c1-8-18-14-12(3)9-11(2)10-13(14)17-19-15(4,5)16(6,7)20-17/h9-10H,8H2,1-7H3. The zero-order valence-electron chi connectivity index (χ0n) is 13.7. The van der Waals surface area contributed by atoms with Crippen molar-refractivity contribution in [3.8, 4) is 5.75 Å². The van der Waals surface area contributed by atoms with Gasteiger partial charge in [-0.2, -0.15) is 0 Å². The van der Waals surface area contributed by atoms with Crippen molar-refractivity contribution in [2.24, 2.45) is 0 Å². The van der Waals surface area contributed by atoms with E-state index >= 15 is 0 Å². The summed E-state index contributed by atoms with van der Waals surface area (Å²) in [5.74, 6) is 0.886. The van der Waals surface area contributed by atoms with Crippen molar-refractivity contribution in [2.75, 3.05) is 6.61 Å². The monoisotopic (exact) mass is 276 g/mol. The van der Waals surface area contributed by atoms with Crippen LogP contribution in [0.25, 0.3) is 0 Å². The van der Waals surface area contributed by atoms with Crippen molar-refractivity contribution < 1.29 is 14.0 Å². The summed E-state index contributed by atoms with van der Waals surface area (Å²) in [7, 11) is -0.375. The van der Waals surface area contributed by atoms with Crippen molar-refractivity contribution >= 4 is 12.6 Å². The SMILES string of the molecule is CCOc1c(C)cc(C)cc1B1OC(C)(C)C(C)(C)O1. The molecule has 1 saturated heterocycles. The van der Waals surface area contributed by atoms with E-state index in [4.69, 9.17) is 14.0 Å². The molecule has 110 valence electrons. The van der Waals surface area contributed by atoms with Crippen molar-refractivity contribution in [3.63, 3.8) is 0 Å². The molecule has 0 atom stereocenters. The summed E-state index contributed by atoms with van der Waals surface area (Å²) in [4.78, 5) is 0. The molecule has 0 spiro atoms. The van der Waals surface area contributed by atoms with Crippen LogP contribution >= 0.6 is 0 Å². The Balaban J connectivity index is 2.44. The average Bonchev–Trinajstić information content (AvgIpc) is 2.51. The number of aryl methyl sites for hydroxylation is 2. The maximum absolute atomic E-state index is 6.14. The summed E-state index contributed by atoms with van der Waals surface area (Å²) in [6.45, 7) is 15.0. The molecule has 0 saturated carbocycles. The second kappa shape index (κ2) is 5.08. The minimum Gasteiger partial charge on any atom is -0.494 e. The third-order valence-electron chi connectivity index (χ3n) is 4.24. The molecule has 4 heteroatoms. The molecule has 0 unspecified atom stereocenters. The van der Waals surface area contributed by atoms with Gasteiger partial charge in [0.05, 0.1) is 17.8 Å². The Morgan fingerprint density at radius 3 is 2.10 bits per heavy atom. The van der Waals surface area contributed by atoms with Gasteiger partial charge >= 0.3 is 7.12 Å². The summed E-state index contributed by atoms with van der Waals surface area (Å²) in [5.41, 5.74) is 2.63. The summed E-state index contributed by atoms with van der Waals surface area (Å²) >= 11 is 0. The largest absolute Gasteiger partial charge is 0.498 e. The predicted octanol–water partition coefficient (Wildman–Crippen LogP) is 3.00. The summed E-state index contributed by atoms with van der Waals surface area (Å²) in [6, 6.07) is 4.22. The molecule has 1 aliphatic rings. The third kappa shape index (κ3) is 2.59. The van der Waals surface area contributed by atoms with Crippen molar-refractivity contribution in [1.82, 2.24) is 0 Å². The summed E-state index contributed by atoms with van der Waals surface area (Å²) < 4.78 is 18.1. The van der Waals surface area contributed by atoms with E-state index in [-0.39, 0.29) is 18.3 Å². The third-order valence-corrected chi connectivity index (χ3v) is 4.24. The Labute approximate surface area is 122 Å². The van der Waals surface area contributed by atoms with E-state index in [1.807, 2.05) is 6.92 Å². The molecule has 0 radical (unpaired) electrons. The highest BCUT2D eigenvalue weighted by atomic mass is 16.7. The van der Waals surface area contributed by atoms with E-state index in [2.05, 4.69) is 53.7 Å². The first-order chi connectivity index (χ1) is 9.18. The first-order valence-corrected chi connectivity index (χ1v) is 7.27. The van der Waals surface area contributed by atoms with Crippen LogP contribution in [-0.2, 0) is 9.31 Å². The molecular weight excluding hydrogens is 251 g/mol. The van der Waals surface area contributed by atoms with Crippen molar-refractivity contribution in [3.05, 3.63) is 23.3 Å². The first kappa shape index (κ1) is 15.4. The van der Waals surface area contributed by atoms with Crippen LogP contribution < -0.4 is 10.2 Å². The zero-order valence-corrected chi connectivity index (χ0v) is 13.7. The molecule has 3 nitrogen and oxygen atoms in total. The molecule has 0 N–H and O–H groups in total. The fourth-order valence-corrected chi connectivity index (χ4v) is 2.47. The van der Waals surface area contributed by atoms with Gasteiger partial charge in [-0.05, 0) is 54.0 Å². The summed E-state index contributed by atoms with van der Waals surface area (Å²) in [5, 5.41) is 0. The lowest BCUT2D eigenvalue weighted by Crippen LogP contribution is -2.41. The second-order valence-electron chi connectivity index (χ2n) is 6.52. The quantitative estimate of drug-likeness (QED) is 0.794. The molecule has 1 aromatic carbocycles. The van der Waals surface area contributed by atoms with Gasteiger partial charge in [-0.1, -0.05) is 17.7 Å². The number of rotatable bonds is 3. The molecule has 1 aromatic rings. The number of benzene rings is 1. The average molecular weight is 276 g/mol. The Bertz CT molecular complexity index is 493. The molecule has 0 aromatic heterocycles. The van der Waals surface area contributed by atoms with Gasteiger partial charge in [-0.15, -0.1) is 0 Å². The number of hydrogen-bond donors (Lipinski definition) is 0. The van der Waals surface area contributed by atoms with Gasteiger partial charge < -0.3 is 14.0 Å². The molecule has 2 rings (SSSR count). The van der Waals surface area contributed by atoms with E-state index in [9.17, 15) is 0 Å². The van der Waals surface area contributed by atoms with Gasteiger partial charge in [-0.25, -0.2) is 0 Å². The highest BCUT2D eigenvalue weighted by Crippen LogP contribution is 2.37. The summed E-state index contributed by atoms with van der Waals surface area (Å²) in [6.07, 6.45) is 0. The Hall–Kier alpha value is -0.995. The minimum atomic E-state index is -0.375. The highest BCUT2D eigenvalue weighted by Gasteiger charge is 2.52. The van der Waals surface area contributed by atoms with Crippen LogP contribution in [0.2, 0.25) is 0 Å². The van der Waals surface area contributed by atoms with E-state index in [1.54, 1.807) is 0 Å². The van der Waals surface area contributed by atoms with Crippen LogP contribution in [0.4, 0.5) is 0 Å². The van der Waals surface area contributed by atoms with Crippen LogP contribution in [0.1, 0.15) is 45.7 Å². The maximum Gasteiger partial charge on any atom is 0.498 e. The minimum absolute atomic E-state index is 0.335. The molecule has 0 aliphatic carbocycles. The topological polar surface area (TPSA) is 27.7 Å². The van der Waals surface area contributed by atoms with Gasteiger partial charge in [0, 0.05) is 5.46 Å². The van der Waals surface area contributed by atoms with Gasteiger partial charge in [0.15, 0.2) is 0 Å². The zero-order chi connectivity index (χ0) is 15.1. The van der Waals surface area contributed by atoms with E-state index in [1.165, 1.54) is 5.56 Å². The van der Waals surface area contributed by atoms with E-state index in [0.717, 1.165) is 16.8 Å². The molecule has 0 amide bonds. The predicted molar refractivity (Wildman–Crippen MR) is 82.8 cm³/mol. The molecule has 20 heavy (non-hydrogen) atoms. The lowest BCUT2D eigenvalue weighted by atomic mass is 9.76. The molecule has 0 bridgehead atoms. The molecular formula is C16H25BO3. The van der Waals surface area contributed by atoms with E-state index < -0.39 is 0 Å². The smallest absolute Gasteiger partial charge is 0.494 e. The normalized spacial score (nSPS) is 20.2. The number of ether oxygens (including phenoxy) is 1. The van der Waals surface area contributed by atoms with Crippen LogP contribution in [0.3, 0.4) is 0 Å². The molecule has 1 heterocycles. The second-order valence-corrected chi connectivity index (χ2v) is 6.52. The van der Waals surface area contributed by atoms with E-state index in [0.29, 0.717) is 6.61 Å². The first-order valence-electron chi connectivity index (χ1n) is 7.27. The van der Waals surface area contributed by atoms with Gasteiger partial charge in [-0.3, -0.25) is 0 Å². The van der Waals surface area contributed by atoms with Crippen LogP contribution in [0.15, 0.2) is 12.1 Å². The Morgan fingerprint density at radius 1 is 1.05 bits per heavy atom. The van der Waals surface area contributed by atoms with Gasteiger partial charge in [0.1, 0.15) is 5.75 Å². The lowest BCUT2D eigenvalue weighted by molar-refractivity contribution is 0.00578. The Morgan fingerprint density at radius 2 is 1.60 bits per heavy atom. The fraction of sp³-hybridized carbons (Fsp3) is 0.625. The van der Waals surface area contributed by atoms with Gasteiger partial charge in [0.2, 0.25) is 0 Å². The van der Waals surface area contributed by atoms with Crippen molar-refractivity contribution in [1.29, 1.82) is 0 Å². The fourth-order valence-electron chi connectivity index (χ4n) is 2.47. The Kier molecular flexibility index (Phi) is 3.91. The lowest BCUT2D eigenvalue weighted by Gasteiger charge is -2.32. The maximum atomic E-state index is 6.14.